The summed E-state index contributed by atoms with van der Waals surface area (Å²) in [6.45, 7) is 7.99. The van der Waals surface area contributed by atoms with Gasteiger partial charge in [0.15, 0.2) is 0 Å². The molecule has 0 aromatic carbocycles. The summed E-state index contributed by atoms with van der Waals surface area (Å²) in [5.41, 5.74) is 0. The average molecular weight is 1320 g/mol. The molecule has 0 aromatic rings. The van der Waals surface area contributed by atoms with Crippen molar-refractivity contribution in [3.8, 4) is 0 Å². The fourth-order valence-electron chi connectivity index (χ4n) is 16.3. The normalized spacial score (nSPS) is 11.8. The highest BCUT2D eigenvalue weighted by Crippen LogP contribution is 2.25. The Kier molecular flexibility index (Phi) is 91.1. The molecule has 564 valence electrons. The third kappa shape index (κ3) is 88.2. The SMILES string of the molecule is CCCCCCCCCCCCCCCCCCCCCCCCCCCCCCCB(CCCCCCCCCCCCCCCCCCCCCCCCCCCCCCC)CCCCCCCCCCCCCCCCCCCCCCCCCCCCCCC. The van der Waals surface area contributed by atoms with Gasteiger partial charge in [-0.2, -0.15) is 0 Å². The highest BCUT2D eigenvalue weighted by molar-refractivity contribution is 6.58. The van der Waals surface area contributed by atoms with Gasteiger partial charge in [-0.3, -0.25) is 0 Å². The van der Waals surface area contributed by atoms with Gasteiger partial charge >= 0.3 is 0 Å². The summed E-state index contributed by atoms with van der Waals surface area (Å²) in [6, 6.07) is 0. The lowest BCUT2D eigenvalue weighted by atomic mass is 9.41. The molecule has 94 heavy (non-hydrogen) atoms. The Morgan fingerprint density at radius 1 is 0.0851 bits per heavy atom. The van der Waals surface area contributed by atoms with Gasteiger partial charge in [-0.1, -0.05) is 598 Å². The Morgan fingerprint density at radius 3 is 0.223 bits per heavy atom. The molecule has 0 aliphatic rings. The largest absolute Gasteiger partial charge is 0.139 e. The molecule has 0 unspecified atom stereocenters. The first-order valence-electron chi connectivity index (χ1n) is 46.8. The first kappa shape index (κ1) is 94.1. The standard InChI is InChI=1S/C93H189B/c1-4-7-10-13-16-19-22-25-28-31-34-37-40-43-46-49-52-55-58-61-64-67-70-73-76-79-82-85-88-91-94(92-89-86-83-80-77-74-71-68-65-62-59-56-53-50-47-44-41-38-35-32-29-26-23-20-17-14-11-8-5-2)93-90-87-84-81-78-75-72-69-66-63-60-57-54-51-48-45-42-39-36-33-30-27-24-21-18-15-12-9-6-3/h4-93H2,1-3H3. The van der Waals surface area contributed by atoms with Crippen LogP contribution < -0.4 is 0 Å². The van der Waals surface area contributed by atoms with Crippen molar-refractivity contribution in [3.63, 3.8) is 0 Å². The summed E-state index contributed by atoms with van der Waals surface area (Å²) in [5, 5.41) is 0. The Bertz CT molecular complexity index is 1080. The van der Waals surface area contributed by atoms with Crippen molar-refractivity contribution < 1.29 is 0 Å². The van der Waals surface area contributed by atoms with Crippen LogP contribution in [0.4, 0.5) is 0 Å². The predicted octanol–water partition coefficient (Wildman–Crippen LogP) is 36.5. The summed E-state index contributed by atoms with van der Waals surface area (Å²) in [4.78, 5) is 0. The van der Waals surface area contributed by atoms with E-state index in [4.69, 9.17) is 0 Å². The average Bonchev–Trinajstić information content (AvgIpc) is 3.73. The molecule has 0 aliphatic heterocycles. The maximum Gasteiger partial charge on any atom is 0.139 e. The number of unbranched alkanes of at least 4 members (excludes halogenated alkanes) is 84. The molecule has 0 saturated carbocycles. The zero-order chi connectivity index (χ0) is 67.2. The van der Waals surface area contributed by atoms with E-state index in [9.17, 15) is 0 Å². The van der Waals surface area contributed by atoms with Crippen LogP contribution in [-0.2, 0) is 0 Å². The molecule has 1 heteroatoms. The van der Waals surface area contributed by atoms with E-state index in [0.717, 1.165) is 6.71 Å². The molecule has 0 aliphatic carbocycles. The van der Waals surface area contributed by atoms with Crippen molar-refractivity contribution in [2.45, 2.75) is 598 Å². The smallest absolute Gasteiger partial charge is 0.0741 e. The van der Waals surface area contributed by atoms with Gasteiger partial charge in [-0.25, -0.2) is 0 Å². The van der Waals surface area contributed by atoms with Crippen LogP contribution in [0.5, 0.6) is 0 Å². The van der Waals surface area contributed by atoms with Crippen LogP contribution in [0.25, 0.3) is 0 Å². The molecule has 0 rings (SSSR count). The Morgan fingerprint density at radius 2 is 0.149 bits per heavy atom. The van der Waals surface area contributed by atoms with Gasteiger partial charge in [-0.05, 0) is 0 Å². The minimum atomic E-state index is 1.02. The highest BCUT2D eigenvalue weighted by Gasteiger charge is 2.13. The van der Waals surface area contributed by atoms with E-state index in [2.05, 4.69) is 20.8 Å². The molecule has 0 amide bonds. The van der Waals surface area contributed by atoms with E-state index >= 15 is 0 Å². The molecule has 0 nitrogen and oxygen atoms in total. The third-order valence-electron chi connectivity index (χ3n) is 23.1. The highest BCUT2D eigenvalue weighted by atomic mass is 14.1. The first-order chi connectivity index (χ1) is 46.8. The summed E-state index contributed by atoms with van der Waals surface area (Å²) in [6.07, 6.45) is 134. The molecule has 0 radical (unpaired) electrons. The van der Waals surface area contributed by atoms with Crippen LogP contribution in [0, 0.1) is 0 Å². The Balaban J connectivity index is 4.01. The summed E-state index contributed by atoms with van der Waals surface area (Å²) in [7, 11) is 0. The van der Waals surface area contributed by atoms with E-state index in [-0.39, 0.29) is 0 Å². The van der Waals surface area contributed by atoms with Crippen molar-refractivity contribution in [3.05, 3.63) is 0 Å². The summed E-state index contributed by atoms with van der Waals surface area (Å²) < 4.78 is 0. The van der Waals surface area contributed by atoms with E-state index in [1.807, 2.05) is 0 Å². The van der Waals surface area contributed by atoms with E-state index in [1.54, 1.807) is 19.0 Å². The Hall–Kier alpha value is 0.0649. The van der Waals surface area contributed by atoms with Gasteiger partial charge < -0.3 is 0 Å². The molecule has 0 aromatic heterocycles. The summed E-state index contributed by atoms with van der Waals surface area (Å²) >= 11 is 0. The second-order valence-electron chi connectivity index (χ2n) is 32.9. The molecule has 0 heterocycles. The second-order valence-corrected chi connectivity index (χ2v) is 32.9. The fraction of sp³-hybridized carbons (Fsp3) is 1.00. The molecule has 0 atom stereocenters. The second kappa shape index (κ2) is 91.1. The monoisotopic (exact) mass is 1320 g/mol. The molecular formula is C93H189B. The number of hydrogen-bond acceptors (Lipinski definition) is 0. The van der Waals surface area contributed by atoms with Crippen molar-refractivity contribution in [2.24, 2.45) is 0 Å². The molecule has 0 fully saturated rings. The first-order valence-corrected chi connectivity index (χ1v) is 46.8. The van der Waals surface area contributed by atoms with Crippen LogP contribution >= 0.6 is 0 Å². The lowest BCUT2D eigenvalue weighted by molar-refractivity contribution is 0.513. The Labute approximate surface area is 601 Å². The fourth-order valence-corrected chi connectivity index (χ4v) is 16.3. The number of hydrogen-bond donors (Lipinski definition) is 0. The van der Waals surface area contributed by atoms with E-state index in [1.165, 1.54) is 559 Å². The predicted molar refractivity (Wildman–Crippen MR) is 439 cm³/mol. The van der Waals surface area contributed by atoms with Crippen molar-refractivity contribution in [2.75, 3.05) is 0 Å². The van der Waals surface area contributed by atoms with Crippen molar-refractivity contribution >= 4 is 6.71 Å². The lowest BCUT2D eigenvalue weighted by Gasteiger charge is -2.14. The van der Waals surface area contributed by atoms with Crippen molar-refractivity contribution in [1.82, 2.24) is 0 Å². The lowest BCUT2D eigenvalue weighted by Crippen LogP contribution is -2.12. The van der Waals surface area contributed by atoms with Crippen LogP contribution in [0.1, 0.15) is 579 Å². The van der Waals surface area contributed by atoms with Crippen LogP contribution in [0.3, 0.4) is 0 Å². The van der Waals surface area contributed by atoms with Crippen LogP contribution in [0.15, 0.2) is 0 Å². The van der Waals surface area contributed by atoms with Gasteiger partial charge in [0.25, 0.3) is 0 Å². The van der Waals surface area contributed by atoms with Gasteiger partial charge in [0.05, 0.1) is 0 Å². The molecule has 0 saturated heterocycles. The summed E-state index contributed by atoms with van der Waals surface area (Å²) in [5.74, 6) is 0. The van der Waals surface area contributed by atoms with Gasteiger partial charge in [-0.15, -0.1) is 0 Å². The molecule has 0 N–H and O–H groups in total. The quantitative estimate of drug-likeness (QED) is 0.0421. The van der Waals surface area contributed by atoms with E-state index < -0.39 is 0 Å². The minimum Gasteiger partial charge on any atom is -0.0741 e. The van der Waals surface area contributed by atoms with Crippen LogP contribution in [-0.4, -0.2) is 6.71 Å². The van der Waals surface area contributed by atoms with Gasteiger partial charge in [0, 0.05) is 0 Å². The zero-order valence-corrected chi connectivity index (χ0v) is 67.2. The maximum atomic E-state index is 2.32. The van der Waals surface area contributed by atoms with E-state index in [0.29, 0.717) is 0 Å². The zero-order valence-electron chi connectivity index (χ0n) is 67.2. The van der Waals surface area contributed by atoms with Crippen LogP contribution in [0.2, 0.25) is 19.0 Å². The number of rotatable bonds is 90. The van der Waals surface area contributed by atoms with Gasteiger partial charge in [0.1, 0.15) is 6.71 Å². The van der Waals surface area contributed by atoms with Crippen molar-refractivity contribution in [1.29, 1.82) is 0 Å². The van der Waals surface area contributed by atoms with Gasteiger partial charge in [0.2, 0.25) is 0 Å². The molecule has 0 spiro atoms. The molecule has 0 bridgehead atoms. The molecular weight excluding hydrogens is 1130 g/mol. The third-order valence-corrected chi connectivity index (χ3v) is 23.1. The minimum absolute atomic E-state index is 1.02. The topological polar surface area (TPSA) is 0 Å². The maximum absolute atomic E-state index is 2.32.